The molecule has 0 fully saturated rings. The van der Waals surface area contributed by atoms with Crippen molar-refractivity contribution in [2.45, 2.75) is 33.1 Å². The summed E-state index contributed by atoms with van der Waals surface area (Å²) in [4.78, 5) is 0. The maximum absolute atomic E-state index is 11.2. The van der Waals surface area contributed by atoms with Crippen LogP contribution in [0.25, 0.3) is 0 Å². The van der Waals surface area contributed by atoms with E-state index in [1.165, 1.54) is 11.3 Å². The lowest BCUT2D eigenvalue weighted by atomic mass is 10.1. The van der Waals surface area contributed by atoms with Crippen LogP contribution in [0.3, 0.4) is 0 Å². The van der Waals surface area contributed by atoms with Gasteiger partial charge >= 0.3 is 0 Å². The van der Waals surface area contributed by atoms with Gasteiger partial charge in [-0.15, -0.1) is 23.1 Å². The molecular formula is C8H12N2O2S3. The van der Waals surface area contributed by atoms with Gasteiger partial charge in [0.2, 0.25) is 10.0 Å². The van der Waals surface area contributed by atoms with Gasteiger partial charge in [0.1, 0.15) is 4.21 Å². The normalized spacial score (nSPS) is 26.3. The molecule has 7 heteroatoms. The zero-order chi connectivity index (χ0) is 11.2. The Labute approximate surface area is 97.1 Å². The molecule has 0 radical (unpaired) electrons. The average molecular weight is 264 g/mol. The molecule has 4 N–H and O–H groups in total. The number of rotatable bonds is 1. The molecule has 84 valence electrons. The highest BCUT2D eigenvalue weighted by atomic mass is 32.3. The second kappa shape index (κ2) is 3.74. The van der Waals surface area contributed by atoms with Crippen LogP contribution in [0.1, 0.15) is 24.9 Å². The van der Waals surface area contributed by atoms with Crippen molar-refractivity contribution in [3.8, 4) is 0 Å². The Morgan fingerprint density at radius 1 is 1.53 bits per heavy atom. The summed E-state index contributed by atoms with van der Waals surface area (Å²) in [6.07, 6.45) is 0.873. The first-order chi connectivity index (χ1) is 6.88. The number of thiophene rings is 1. The zero-order valence-electron chi connectivity index (χ0n) is 8.14. The van der Waals surface area contributed by atoms with E-state index in [2.05, 4.69) is 6.92 Å². The number of fused-ring (bicyclic) bond motifs is 1. The maximum atomic E-state index is 11.2. The van der Waals surface area contributed by atoms with Crippen molar-refractivity contribution in [3.63, 3.8) is 0 Å². The molecule has 2 unspecified atom stereocenters. The largest absolute Gasteiger partial charge is 0.324 e. The molecule has 0 saturated heterocycles. The van der Waals surface area contributed by atoms with Crippen molar-refractivity contribution in [2.24, 2.45) is 10.9 Å². The summed E-state index contributed by atoms with van der Waals surface area (Å²) >= 11 is 2.89. The molecule has 2 heterocycles. The highest BCUT2D eigenvalue weighted by Gasteiger charge is 2.27. The molecule has 2 rings (SSSR count). The molecule has 2 atom stereocenters. The van der Waals surface area contributed by atoms with E-state index >= 15 is 0 Å². The van der Waals surface area contributed by atoms with E-state index in [1.54, 1.807) is 17.8 Å². The maximum Gasteiger partial charge on any atom is 0.247 e. The first kappa shape index (κ1) is 11.4. The summed E-state index contributed by atoms with van der Waals surface area (Å²) in [5.41, 5.74) is 6.87. The van der Waals surface area contributed by atoms with E-state index in [9.17, 15) is 8.42 Å². The van der Waals surface area contributed by atoms with E-state index in [1.807, 2.05) is 0 Å². The number of nitrogens with two attached hydrogens (primary N) is 2. The molecule has 4 nitrogen and oxygen atoms in total. The lowest BCUT2D eigenvalue weighted by Crippen LogP contribution is -2.18. The van der Waals surface area contributed by atoms with Gasteiger partial charge in [-0.05, 0) is 18.1 Å². The van der Waals surface area contributed by atoms with Crippen molar-refractivity contribution in [2.75, 3.05) is 0 Å². The van der Waals surface area contributed by atoms with Gasteiger partial charge in [-0.25, -0.2) is 13.6 Å². The molecule has 0 spiro atoms. The van der Waals surface area contributed by atoms with Crippen molar-refractivity contribution >= 4 is 33.1 Å². The van der Waals surface area contributed by atoms with Crippen LogP contribution in [0, 0.1) is 0 Å². The SMILES string of the molecule is CC1CC(N)c2cc(S(N)(=O)=O)sc2S1. The van der Waals surface area contributed by atoms with Crippen LogP contribution >= 0.6 is 23.1 Å². The van der Waals surface area contributed by atoms with Gasteiger partial charge < -0.3 is 5.73 Å². The lowest BCUT2D eigenvalue weighted by Gasteiger charge is -2.22. The second-order valence-corrected chi connectivity index (χ2v) is 8.17. The van der Waals surface area contributed by atoms with Gasteiger partial charge in [-0.3, -0.25) is 0 Å². The van der Waals surface area contributed by atoms with Crippen LogP contribution in [0.4, 0.5) is 0 Å². The van der Waals surface area contributed by atoms with E-state index in [0.717, 1.165) is 16.2 Å². The van der Waals surface area contributed by atoms with Crippen LogP contribution in [0.2, 0.25) is 0 Å². The molecule has 0 aliphatic carbocycles. The number of thioether (sulfide) groups is 1. The highest BCUT2D eigenvalue weighted by Crippen LogP contribution is 2.45. The van der Waals surface area contributed by atoms with Crippen LogP contribution in [0.15, 0.2) is 14.5 Å². The Hall–Kier alpha value is -0.0800. The molecule has 0 amide bonds. The van der Waals surface area contributed by atoms with Gasteiger partial charge in [0.15, 0.2) is 0 Å². The summed E-state index contributed by atoms with van der Waals surface area (Å²) in [5.74, 6) is 0. The van der Waals surface area contributed by atoms with Crippen molar-refractivity contribution in [3.05, 3.63) is 11.6 Å². The van der Waals surface area contributed by atoms with Crippen molar-refractivity contribution in [1.29, 1.82) is 0 Å². The number of primary sulfonamides is 1. The zero-order valence-corrected chi connectivity index (χ0v) is 10.6. The van der Waals surface area contributed by atoms with E-state index in [4.69, 9.17) is 10.9 Å². The first-order valence-electron chi connectivity index (χ1n) is 4.46. The second-order valence-electron chi connectivity index (χ2n) is 3.62. The third-order valence-electron chi connectivity index (χ3n) is 2.28. The van der Waals surface area contributed by atoms with Gasteiger partial charge in [-0.2, -0.15) is 0 Å². The summed E-state index contributed by atoms with van der Waals surface area (Å²) in [6.45, 7) is 2.09. The third-order valence-corrected chi connectivity index (χ3v) is 6.23. The summed E-state index contributed by atoms with van der Waals surface area (Å²) in [6, 6.07) is 1.54. The first-order valence-corrected chi connectivity index (χ1v) is 7.71. The molecule has 0 bridgehead atoms. The Kier molecular flexibility index (Phi) is 2.85. The molecular weight excluding hydrogens is 252 g/mol. The highest BCUT2D eigenvalue weighted by molar-refractivity contribution is 8.02. The van der Waals surface area contributed by atoms with Gasteiger partial charge in [0, 0.05) is 11.3 Å². The summed E-state index contributed by atoms with van der Waals surface area (Å²) < 4.78 is 23.6. The van der Waals surface area contributed by atoms with Gasteiger partial charge in [-0.1, -0.05) is 6.92 Å². The van der Waals surface area contributed by atoms with E-state index < -0.39 is 10.0 Å². The molecule has 0 saturated carbocycles. The Morgan fingerprint density at radius 2 is 2.20 bits per heavy atom. The molecule has 1 aliphatic rings. The minimum atomic E-state index is -3.59. The van der Waals surface area contributed by atoms with Crippen LogP contribution in [-0.2, 0) is 10.0 Å². The van der Waals surface area contributed by atoms with Gasteiger partial charge in [0.25, 0.3) is 0 Å². The van der Waals surface area contributed by atoms with E-state index in [-0.39, 0.29) is 10.3 Å². The molecule has 1 aromatic rings. The molecule has 15 heavy (non-hydrogen) atoms. The smallest absolute Gasteiger partial charge is 0.247 e. The topological polar surface area (TPSA) is 86.2 Å². The Morgan fingerprint density at radius 3 is 2.80 bits per heavy atom. The molecule has 0 aromatic carbocycles. The monoisotopic (exact) mass is 264 g/mol. The molecule has 1 aliphatic heterocycles. The average Bonchev–Trinajstić information content (AvgIpc) is 2.46. The number of sulfonamides is 1. The van der Waals surface area contributed by atoms with Gasteiger partial charge in [0.05, 0.1) is 4.21 Å². The van der Waals surface area contributed by atoms with Crippen LogP contribution < -0.4 is 10.9 Å². The predicted octanol–water partition coefficient (Wildman–Crippen LogP) is 1.28. The Bertz CT molecular complexity index is 480. The third kappa shape index (κ3) is 2.21. The fourth-order valence-corrected chi connectivity index (χ4v) is 5.40. The van der Waals surface area contributed by atoms with Crippen molar-refractivity contribution in [1.82, 2.24) is 0 Å². The van der Waals surface area contributed by atoms with Crippen LogP contribution in [0.5, 0.6) is 0 Å². The fraction of sp³-hybridized carbons (Fsp3) is 0.500. The Balaban J connectivity index is 2.48. The van der Waals surface area contributed by atoms with E-state index in [0.29, 0.717) is 5.25 Å². The number of hydrogen-bond acceptors (Lipinski definition) is 5. The quantitative estimate of drug-likeness (QED) is 0.800. The summed E-state index contributed by atoms with van der Waals surface area (Å²) in [5, 5.41) is 5.51. The van der Waals surface area contributed by atoms with Crippen molar-refractivity contribution < 1.29 is 8.42 Å². The minimum absolute atomic E-state index is 0.0667. The fourth-order valence-electron chi connectivity index (χ4n) is 1.57. The lowest BCUT2D eigenvalue weighted by molar-refractivity contribution is 0.599. The van der Waals surface area contributed by atoms with Crippen LogP contribution in [-0.4, -0.2) is 13.7 Å². The standard InChI is InChI=1S/C8H12N2O2S3/c1-4-2-6(9)5-3-7(15(10,11)12)14-8(5)13-4/h3-4,6H,2,9H2,1H3,(H2,10,11,12). The minimum Gasteiger partial charge on any atom is -0.324 e. The number of hydrogen-bond donors (Lipinski definition) is 2. The summed E-state index contributed by atoms with van der Waals surface area (Å²) in [7, 11) is -3.59. The predicted molar refractivity (Wildman–Crippen MR) is 62.6 cm³/mol. The molecule has 1 aromatic heterocycles.